The molecule has 116 valence electrons. The molecule has 2 rings (SSSR count). The summed E-state index contributed by atoms with van der Waals surface area (Å²) in [5, 5.41) is 8.17. The van der Waals surface area contributed by atoms with Gasteiger partial charge in [0, 0.05) is 18.8 Å². The van der Waals surface area contributed by atoms with Gasteiger partial charge in [-0.25, -0.2) is 12.7 Å². The van der Waals surface area contributed by atoms with Crippen molar-refractivity contribution in [2.75, 3.05) is 18.8 Å². The van der Waals surface area contributed by atoms with Gasteiger partial charge in [0.1, 0.15) is 0 Å². The summed E-state index contributed by atoms with van der Waals surface area (Å²) in [7, 11) is -3.70. The van der Waals surface area contributed by atoms with Crippen LogP contribution in [-0.2, 0) is 10.0 Å². The molecule has 0 bridgehead atoms. The fourth-order valence-electron chi connectivity index (χ4n) is 2.48. The minimum Gasteiger partial charge on any atom is -0.399 e. The molecule has 1 aliphatic heterocycles. The van der Waals surface area contributed by atoms with Crippen LogP contribution < -0.4 is 5.73 Å². The molecule has 0 aromatic heterocycles. The molecule has 0 saturated carbocycles. The molecule has 0 aliphatic carbocycles. The highest BCUT2D eigenvalue weighted by molar-refractivity contribution is 7.89. The minimum absolute atomic E-state index is 0.0628. The first-order valence-corrected chi connectivity index (χ1v) is 8.55. The Hall–Kier alpha value is -1.76. The van der Waals surface area contributed by atoms with Gasteiger partial charge in [-0.15, -0.1) is 0 Å². The second-order valence-electron chi connectivity index (χ2n) is 5.34. The number of benzene rings is 1. The highest BCUT2D eigenvalue weighted by atomic mass is 32.2. The Bertz CT molecular complexity index is 612. The van der Waals surface area contributed by atoms with Crippen molar-refractivity contribution < 1.29 is 8.42 Å². The maximum atomic E-state index is 12.7. The summed E-state index contributed by atoms with van der Waals surface area (Å²) >= 11 is 0. The molecular weight excluding hydrogens is 288 g/mol. The average molecular weight is 310 g/mol. The van der Waals surface area contributed by atoms with Gasteiger partial charge in [-0.05, 0) is 37.6 Å². The number of nitrogens with one attached hydrogen (secondary N) is 1. The third-order valence-electron chi connectivity index (χ3n) is 3.61. The van der Waals surface area contributed by atoms with Crippen LogP contribution in [0.5, 0.6) is 0 Å². The van der Waals surface area contributed by atoms with Crippen LogP contribution in [0, 0.1) is 5.41 Å². The number of hydrogen-bond donors (Lipinski definition) is 2. The van der Waals surface area contributed by atoms with Gasteiger partial charge in [0.05, 0.1) is 10.9 Å². The van der Waals surface area contributed by atoms with Crippen molar-refractivity contribution in [3.8, 4) is 0 Å². The van der Waals surface area contributed by atoms with Gasteiger partial charge in [0.2, 0.25) is 5.96 Å². The van der Waals surface area contributed by atoms with Crippen LogP contribution in [0.15, 0.2) is 29.2 Å². The van der Waals surface area contributed by atoms with Crippen LogP contribution in [0.2, 0.25) is 0 Å². The SMILES string of the molecule is CCCCN1CC(C)N(S(=O)(=O)c2ccc(N)cc2)C1=N. The predicted molar refractivity (Wildman–Crippen MR) is 83.5 cm³/mol. The summed E-state index contributed by atoms with van der Waals surface area (Å²) < 4.78 is 26.6. The van der Waals surface area contributed by atoms with E-state index in [1.54, 1.807) is 12.1 Å². The lowest BCUT2D eigenvalue weighted by Crippen LogP contribution is -2.39. The molecule has 7 heteroatoms. The molecule has 1 unspecified atom stereocenters. The number of unbranched alkanes of at least 4 members (excludes halogenated alkanes) is 1. The molecule has 0 spiro atoms. The first-order chi connectivity index (χ1) is 9.87. The molecular formula is C14H22N4O2S. The Morgan fingerprint density at radius 3 is 2.52 bits per heavy atom. The van der Waals surface area contributed by atoms with E-state index in [-0.39, 0.29) is 16.9 Å². The van der Waals surface area contributed by atoms with Crippen molar-refractivity contribution in [1.29, 1.82) is 5.41 Å². The van der Waals surface area contributed by atoms with Crippen molar-refractivity contribution in [1.82, 2.24) is 9.21 Å². The van der Waals surface area contributed by atoms with E-state index < -0.39 is 10.0 Å². The van der Waals surface area contributed by atoms with E-state index in [2.05, 4.69) is 6.92 Å². The smallest absolute Gasteiger partial charge is 0.266 e. The number of hydrogen-bond acceptors (Lipinski definition) is 4. The van der Waals surface area contributed by atoms with Gasteiger partial charge in [-0.1, -0.05) is 13.3 Å². The maximum Gasteiger partial charge on any atom is 0.266 e. The monoisotopic (exact) mass is 310 g/mol. The van der Waals surface area contributed by atoms with Crippen molar-refractivity contribution in [2.24, 2.45) is 0 Å². The number of sulfonamides is 1. The zero-order valence-corrected chi connectivity index (χ0v) is 13.2. The molecule has 1 fully saturated rings. The highest BCUT2D eigenvalue weighted by Gasteiger charge is 2.39. The number of anilines is 1. The van der Waals surface area contributed by atoms with Crippen LogP contribution in [0.3, 0.4) is 0 Å². The van der Waals surface area contributed by atoms with Crippen molar-refractivity contribution in [3.05, 3.63) is 24.3 Å². The van der Waals surface area contributed by atoms with E-state index in [9.17, 15) is 8.42 Å². The standard InChI is InChI=1S/C14H22N4O2S/c1-3-4-9-17-10-11(2)18(14(17)16)21(19,20)13-7-5-12(15)6-8-13/h5-8,11,16H,3-4,9-10,15H2,1-2H3. The van der Waals surface area contributed by atoms with Crippen LogP contribution in [0.1, 0.15) is 26.7 Å². The topological polar surface area (TPSA) is 90.5 Å². The summed E-state index contributed by atoms with van der Waals surface area (Å²) in [6.07, 6.45) is 1.97. The zero-order chi connectivity index (χ0) is 15.6. The van der Waals surface area contributed by atoms with Crippen LogP contribution >= 0.6 is 0 Å². The minimum atomic E-state index is -3.70. The average Bonchev–Trinajstić information content (AvgIpc) is 2.72. The fourth-order valence-corrected chi connectivity index (χ4v) is 4.07. The van der Waals surface area contributed by atoms with E-state index in [4.69, 9.17) is 11.1 Å². The van der Waals surface area contributed by atoms with Crippen molar-refractivity contribution >= 4 is 21.7 Å². The summed E-state index contributed by atoms with van der Waals surface area (Å²) in [5.41, 5.74) is 6.11. The van der Waals surface area contributed by atoms with Crippen molar-refractivity contribution in [2.45, 2.75) is 37.6 Å². The molecule has 0 amide bonds. The molecule has 3 N–H and O–H groups in total. The molecule has 1 atom stereocenters. The van der Waals surface area contributed by atoms with E-state index in [1.165, 1.54) is 16.4 Å². The lowest BCUT2D eigenvalue weighted by molar-refractivity contribution is 0.417. The van der Waals surface area contributed by atoms with Gasteiger partial charge >= 0.3 is 0 Å². The Labute approximate surface area is 126 Å². The molecule has 1 aromatic carbocycles. The lowest BCUT2D eigenvalue weighted by Gasteiger charge is -2.23. The van der Waals surface area contributed by atoms with Crippen molar-refractivity contribution in [3.63, 3.8) is 0 Å². The van der Waals surface area contributed by atoms with Gasteiger partial charge in [-0.3, -0.25) is 5.41 Å². The predicted octanol–water partition coefficient (Wildman–Crippen LogP) is 1.70. The van der Waals surface area contributed by atoms with Crippen LogP contribution in [-0.4, -0.2) is 42.7 Å². The van der Waals surface area contributed by atoms with Crippen LogP contribution in [0.4, 0.5) is 5.69 Å². The largest absolute Gasteiger partial charge is 0.399 e. The Morgan fingerprint density at radius 2 is 1.95 bits per heavy atom. The Balaban J connectivity index is 2.27. The van der Waals surface area contributed by atoms with E-state index in [0.29, 0.717) is 18.8 Å². The second-order valence-corrected chi connectivity index (χ2v) is 7.16. The van der Waals surface area contributed by atoms with E-state index in [1.807, 2.05) is 11.8 Å². The summed E-state index contributed by atoms with van der Waals surface area (Å²) in [6.45, 7) is 5.18. The molecule has 1 aromatic rings. The molecule has 0 radical (unpaired) electrons. The summed E-state index contributed by atoms with van der Waals surface area (Å²) in [5.74, 6) is 0.0628. The van der Waals surface area contributed by atoms with Gasteiger partial charge in [-0.2, -0.15) is 0 Å². The normalized spacial score (nSPS) is 19.3. The van der Waals surface area contributed by atoms with Gasteiger partial charge in [0.25, 0.3) is 10.0 Å². The third-order valence-corrected chi connectivity index (χ3v) is 5.53. The second kappa shape index (κ2) is 5.93. The third kappa shape index (κ3) is 2.97. The van der Waals surface area contributed by atoms with E-state index in [0.717, 1.165) is 12.8 Å². The summed E-state index contributed by atoms with van der Waals surface area (Å²) in [6, 6.07) is 5.86. The molecule has 6 nitrogen and oxygen atoms in total. The Kier molecular flexibility index (Phi) is 4.41. The first-order valence-electron chi connectivity index (χ1n) is 7.11. The molecule has 1 aliphatic rings. The zero-order valence-electron chi connectivity index (χ0n) is 12.4. The van der Waals surface area contributed by atoms with Crippen LogP contribution in [0.25, 0.3) is 0 Å². The highest BCUT2D eigenvalue weighted by Crippen LogP contribution is 2.25. The molecule has 1 saturated heterocycles. The fraction of sp³-hybridized carbons (Fsp3) is 0.500. The molecule has 21 heavy (non-hydrogen) atoms. The first kappa shape index (κ1) is 15.6. The Morgan fingerprint density at radius 1 is 1.33 bits per heavy atom. The maximum absolute atomic E-state index is 12.7. The quantitative estimate of drug-likeness (QED) is 0.810. The number of nitrogens with zero attached hydrogens (tertiary/aromatic N) is 2. The van der Waals surface area contributed by atoms with Gasteiger partial charge in [0.15, 0.2) is 0 Å². The number of rotatable bonds is 5. The lowest BCUT2D eigenvalue weighted by atomic mass is 10.3. The van der Waals surface area contributed by atoms with Gasteiger partial charge < -0.3 is 10.6 Å². The molecule has 1 heterocycles. The summed E-state index contributed by atoms with van der Waals surface area (Å²) in [4.78, 5) is 1.99. The van der Waals surface area contributed by atoms with E-state index >= 15 is 0 Å². The number of guanidine groups is 1. The number of nitrogen functional groups attached to an aromatic ring is 1. The number of nitrogens with two attached hydrogens (primary N) is 1.